The third-order valence-corrected chi connectivity index (χ3v) is 3.85. The van der Waals surface area contributed by atoms with Crippen LogP contribution in [0.15, 0.2) is 29.6 Å². The minimum Gasteiger partial charge on any atom is -0.307 e. The third-order valence-electron chi connectivity index (χ3n) is 1.97. The van der Waals surface area contributed by atoms with Crippen molar-refractivity contribution in [2.24, 2.45) is 0 Å². The summed E-state index contributed by atoms with van der Waals surface area (Å²) in [7, 11) is 0. The van der Waals surface area contributed by atoms with E-state index in [2.05, 4.69) is 41.9 Å². The molecule has 0 fully saturated rings. The quantitative estimate of drug-likeness (QED) is 0.837. The first-order valence-electron chi connectivity index (χ1n) is 4.63. The standard InChI is InChI=1S/C11H13NS2/c1-9-4-5-11(14-9)8-12-7-10-3-2-6-13-10/h2-6,12H,7-8H2,1H3. The second-order valence-corrected chi connectivity index (χ2v) is 5.60. The van der Waals surface area contributed by atoms with Crippen LogP contribution in [0.3, 0.4) is 0 Å². The zero-order valence-electron chi connectivity index (χ0n) is 8.12. The second kappa shape index (κ2) is 4.73. The summed E-state index contributed by atoms with van der Waals surface area (Å²) in [6, 6.07) is 8.63. The first kappa shape index (κ1) is 9.90. The van der Waals surface area contributed by atoms with Gasteiger partial charge in [0.15, 0.2) is 0 Å². The molecule has 0 unspecified atom stereocenters. The summed E-state index contributed by atoms with van der Waals surface area (Å²) in [5.74, 6) is 0. The van der Waals surface area contributed by atoms with Gasteiger partial charge in [-0.3, -0.25) is 0 Å². The molecule has 0 aliphatic rings. The van der Waals surface area contributed by atoms with E-state index >= 15 is 0 Å². The normalized spacial score (nSPS) is 10.6. The molecule has 0 saturated carbocycles. The van der Waals surface area contributed by atoms with Gasteiger partial charge in [-0.15, -0.1) is 22.7 Å². The van der Waals surface area contributed by atoms with Gasteiger partial charge in [0.25, 0.3) is 0 Å². The lowest BCUT2D eigenvalue weighted by Crippen LogP contribution is -2.10. The molecule has 0 radical (unpaired) electrons. The molecule has 3 heteroatoms. The van der Waals surface area contributed by atoms with Gasteiger partial charge >= 0.3 is 0 Å². The molecular formula is C11H13NS2. The molecular weight excluding hydrogens is 210 g/mol. The minimum absolute atomic E-state index is 0.981. The van der Waals surface area contributed by atoms with Crippen molar-refractivity contribution in [3.05, 3.63) is 44.3 Å². The molecule has 0 amide bonds. The Balaban J connectivity index is 1.78. The topological polar surface area (TPSA) is 12.0 Å². The number of hydrogen-bond donors (Lipinski definition) is 1. The molecule has 2 heterocycles. The molecule has 0 spiro atoms. The fraction of sp³-hybridized carbons (Fsp3) is 0.273. The zero-order valence-corrected chi connectivity index (χ0v) is 9.75. The highest BCUT2D eigenvalue weighted by Gasteiger charge is 1.96. The van der Waals surface area contributed by atoms with Crippen molar-refractivity contribution in [1.29, 1.82) is 0 Å². The SMILES string of the molecule is Cc1ccc(CNCc2cccs2)s1. The van der Waals surface area contributed by atoms with Crippen LogP contribution in [-0.2, 0) is 13.1 Å². The molecule has 2 aromatic heterocycles. The Labute approximate surface area is 92.4 Å². The Kier molecular flexibility index (Phi) is 3.35. The Bertz CT molecular complexity index is 376. The van der Waals surface area contributed by atoms with Crippen LogP contribution in [0, 0.1) is 6.92 Å². The summed E-state index contributed by atoms with van der Waals surface area (Å²) < 4.78 is 0. The van der Waals surface area contributed by atoms with Crippen LogP contribution >= 0.6 is 22.7 Å². The highest BCUT2D eigenvalue weighted by Crippen LogP contribution is 2.15. The van der Waals surface area contributed by atoms with Crippen molar-refractivity contribution < 1.29 is 0 Å². The number of hydrogen-bond acceptors (Lipinski definition) is 3. The van der Waals surface area contributed by atoms with E-state index in [1.807, 2.05) is 11.3 Å². The lowest BCUT2D eigenvalue weighted by atomic mass is 10.4. The highest BCUT2D eigenvalue weighted by molar-refractivity contribution is 7.11. The van der Waals surface area contributed by atoms with Gasteiger partial charge in [0.1, 0.15) is 0 Å². The van der Waals surface area contributed by atoms with Crippen molar-refractivity contribution in [2.75, 3.05) is 0 Å². The molecule has 0 aliphatic heterocycles. The molecule has 1 nitrogen and oxygen atoms in total. The molecule has 0 aromatic carbocycles. The molecule has 74 valence electrons. The van der Waals surface area contributed by atoms with Gasteiger partial charge < -0.3 is 5.32 Å². The average molecular weight is 223 g/mol. The number of nitrogens with one attached hydrogen (secondary N) is 1. The van der Waals surface area contributed by atoms with Crippen molar-refractivity contribution in [1.82, 2.24) is 5.32 Å². The minimum atomic E-state index is 0.981. The molecule has 0 saturated heterocycles. The van der Waals surface area contributed by atoms with Crippen molar-refractivity contribution in [3.63, 3.8) is 0 Å². The summed E-state index contributed by atoms with van der Waals surface area (Å²) in [5.41, 5.74) is 0. The molecule has 2 aromatic rings. The summed E-state index contributed by atoms with van der Waals surface area (Å²) in [6.45, 7) is 4.11. The van der Waals surface area contributed by atoms with Crippen molar-refractivity contribution >= 4 is 22.7 Å². The predicted molar refractivity (Wildman–Crippen MR) is 63.9 cm³/mol. The number of aryl methyl sites for hydroxylation is 1. The summed E-state index contributed by atoms with van der Waals surface area (Å²) in [6.07, 6.45) is 0. The zero-order chi connectivity index (χ0) is 9.80. The van der Waals surface area contributed by atoms with E-state index in [-0.39, 0.29) is 0 Å². The van der Waals surface area contributed by atoms with E-state index in [0.717, 1.165) is 13.1 Å². The summed E-state index contributed by atoms with van der Waals surface area (Å²) >= 11 is 3.67. The Morgan fingerprint density at radius 3 is 2.64 bits per heavy atom. The first-order valence-corrected chi connectivity index (χ1v) is 6.32. The maximum absolute atomic E-state index is 3.44. The molecule has 2 rings (SSSR count). The molecule has 1 N–H and O–H groups in total. The van der Waals surface area contributed by atoms with Gasteiger partial charge in [0.05, 0.1) is 0 Å². The second-order valence-electron chi connectivity index (χ2n) is 3.20. The van der Waals surface area contributed by atoms with Crippen LogP contribution < -0.4 is 5.32 Å². The van der Waals surface area contributed by atoms with Crippen LogP contribution in [0.4, 0.5) is 0 Å². The summed E-state index contributed by atoms with van der Waals surface area (Å²) in [5, 5.41) is 5.56. The van der Waals surface area contributed by atoms with E-state index < -0.39 is 0 Å². The maximum atomic E-state index is 3.44. The fourth-order valence-corrected chi connectivity index (χ4v) is 2.84. The predicted octanol–water partition coefficient (Wildman–Crippen LogP) is 3.41. The molecule has 0 atom stereocenters. The smallest absolute Gasteiger partial charge is 0.0303 e. The highest BCUT2D eigenvalue weighted by atomic mass is 32.1. The van der Waals surface area contributed by atoms with Gasteiger partial charge in [0.2, 0.25) is 0 Å². The van der Waals surface area contributed by atoms with E-state index in [1.54, 1.807) is 11.3 Å². The van der Waals surface area contributed by atoms with Crippen LogP contribution in [0.2, 0.25) is 0 Å². The molecule has 0 aliphatic carbocycles. The monoisotopic (exact) mass is 223 g/mol. The van der Waals surface area contributed by atoms with Gasteiger partial charge in [-0.05, 0) is 30.5 Å². The van der Waals surface area contributed by atoms with E-state index in [1.165, 1.54) is 14.6 Å². The lowest BCUT2D eigenvalue weighted by molar-refractivity contribution is 0.709. The van der Waals surface area contributed by atoms with E-state index in [4.69, 9.17) is 0 Å². The Morgan fingerprint density at radius 2 is 2.00 bits per heavy atom. The van der Waals surface area contributed by atoms with Crippen molar-refractivity contribution in [3.8, 4) is 0 Å². The Morgan fingerprint density at radius 1 is 1.14 bits per heavy atom. The molecule has 0 bridgehead atoms. The third kappa shape index (κ3) is 2.67. The number of rotatable bonds is 4. The van der Waals surface area contributed by atoms with Crippen LogP contribution in [0.1, 0.15) is 14.6 Å². The fourth-order valence-electron chi connectivity index (χ4n) is 1.30. The van der Waals surface area contributed by atoms with E-state index in [0.29, 0.717) is 0 Å². The van der Waals surface area contributed by atoms with E-state index in [9.17, 15) is 0 Å². The van der Waals surface area contributed by atoms with Gasteiger partial charge in [-0.2, -0.15) is 0 Å². The largest absolute Gasteiger partial charge is 0.307 e. The Hall–Kier alpha value is -0.640. The lowest BCUT2D eigenvalue weighted by Gasteiger charge is -1.99. The summed E-state index contributed by atoms with van der Waals surface area (Å²) in [4.78, 5) is 4.20. The van der Waals surface area contributed by atoms with Crippen LogP contribution in [-0.4, -0.2) is 0 Å². The van der Waals surface area contributed by atoms with Crippen LogP contribution in [0.5, 0.6) is 0 Å². The number of thiophene rings is 2. The first-order chi connectivity index (χ1) is 6.84. The van der Waals surface area contributed by atoms with Crippen LogP contribution in [0.25, 0.3) is 0 Å². The van der Waals surface area contributed by atoms with Crippen molar-refractivity contribution in [2.45, 2.75) is 20.0 Å². The molecule has 14 heavy (non-hydrogen) atoms. The van der Waals surface area contributed by atoms with Gasteiger partial charge in [-0.1, -0.05) is 6.07 Å². The van der Waals surface area contributed by atoms with Gasteiger partial charge in [-0.25, -0.2) is 0 Å². The average Bonchev–Trinajstić information content (AvgIpc) is 2.77. The van der Waals surface area contributed by atoms with Gasteiger partial charge in [0, 0.05) is 27.7 Å². The maximum Gasteiger partial charge on any atom is 0.0303 e.